The fourth-order valence-electron chi connectivity index (χ4n) is 2.75. The van der Waals surface area contributed by atoms with E-state index in [1.54, 1.807) is 24.3 Å². The Labute approximate surface area is 124 Å². The average Bonchev–Trinajstić information content (AvgIpc) is 3.18. The molecule has 2 amide bonds. The maximum absolute atomic E-state index is 11.8. The third-order valence-corrected chi connectivity index (χ3v) is 4.29. The minimum atomic E-state index is -0.141. The van der Waals surface area contributed by atoms with Crippen LogP contribution < -0.4 is 10.6 Å². The first-order valence-electron chi connectivity index (χ1n) is 7.25. The molecule has 1 heterocycles. The average molecular weight is 294 g/mol. The number of carbonyl (C=O) groups excluding carboxylic acids is 1. The number of hydrogen-bond donors (Lipinski definition) is 2. The Kier molecular flexibility index (Phi) is 4.13. The van der Waals surface area contributed by atoms with Crippen molar-refractivity contribution in [3.8, 4) is 0 Å². The Morgan fingerprint density at radius 1 is 1.25 bits per heavy atom. The smallest absolute Gasteiger partial charge is 0.319 e. The predicted molar refractivity (Wildman–Crippen MR) is 81.2 cm³/mol. The first-order chi connectivity index (χ1) is 9.70. The van der Waals surface area contributed by atoms with E-state index in [2.05, 4.69) is 15.5 Å². The van der Waals surface area contributed by atoms with Crippen molar-refractivity contribution in [2.45, 2.75) is 25.3 Å². The zero-order valence-electron chi connectivity index (χ0n) is 11.4. The fourth-order valence-corrected chi connectivity index (χ4v) is 2.87. The number of carbonyl (C=O) groups is 1. The van der Waals surface area contributed by atoms with E-state index in [1.807, 2.05) is 0 Å². The summed E-state index contributed by atoms with van der Waals surface area (Å²) in [7, 11) is 0. The summed E-state index contributed by atoms with van der Waals surface area (Å²) in [5.74, 6) is 0.589. The van der Waals surface area contributed by atoms with Crippen molar-refractivity contribution in [3.05, 3.63) is 29.3 Å². The SMILES string of the molecule is O=C(NC[C@H]1CCN(C2CC2)C1)Nc1ccc(Cl)cc1. The van der Waals surface area contributed by atoms with Gasteiger partial charge in [-0.1, -0.05) is 11.6 Å². The lowest BCUT2D eigenvalue weighted by Gasteiger charge is -2.15. The van der Waals surface area contributed by atoms with Crippen molar-refractivity contribution in [1.82, 2.24) is 10.2 Å². The lowest BCUT2D eigenvalue weighted by molar-refractivity contribution is 0.249. The molecule has 0 bridgehead atoms. The van der Waals surface area contributed by atoms with Gasteiger partial charge in [0.25, 0.3) is 0 Å². The summed E-state index contributed by atoms with van der Waals surface area (Å²) in [5.41, 5.74) is 0.762. The number of nitrogens with one attached hydrogen (secondary N) is 2. The monoisotopic (exact) mass is 293 g/mol. The van der Waals surface area contributed by atoms with Crippen molar-refractivity contribution < 1.29 is 4.79 Å². The number of benzene rings is 1. The molecule has 0 spiro atoms. The van der Waals surface area contributed by atoms with E-state index in [4.69, 9.17) is 11.6 Å². The second-order valence-corrected chi connectivity index (χ2v) is 6.16. The number of hydrogen-bond acceptors (Lipinski definition) is 2. The maximum Gasteiger partial charge on any atom is 0.319 e. The van der Waals surface area contributed by atoms with E-state index in [1.165, 1.54) is 25.8 Å². The van der Waals surface area contributed by atoms with Crippen molar-refractivity contribution in [3.63, 3.8) is 0 Å². The van der Waals surface area contributed by atoms with Gasteiger partial charge in [0.2, 0.25) is 0 Å². The van der Waals surface area contributed by atoms with Gasteiger partial charge in [-0.05, 0) is 56.0 Å². The van der Waals surface area contributed by atoms with E-state index >= 15 is 0 Å². The normalized spacial score (nSPS) is 22.8. The van der Waals surface area contributed by atoms with Gasteiger partial charge in [0, 0.05) is 29.8 Å². The van der Waals surface area contributed by atoms with Gasteiger partial charge in [-0.25, -0.2) is 4.79 Å². The molecule has 1 aromatic carbocycles. The molecule has 1 atom stereocenters. The van der Waals surface area contributed by atoms with E-state index in [-0.39, 0.29) is 6.03 Å². The number of nitrogens with zero attached hydrogens (tertiary/aromatic N) is 1. The molecule has 5 heteroatoms. The van der Waals surface area contributed by atoms with Crippen LogP contribution >= 0.6 is 11.6 Å². The number of halogens is 1. The van der Waals surface area contributed by atoms with Crippen molar-refractivity contribution in [1.29, 1.82) is 0 Å². The van der Waals surface area contributed by atoms with Gasteiger partial charge in [0.15, 0.2) is 0 Å². The first-order valence-corrected chi connectivity index (χ1v) is 7.63. The lowest BCUT2D eigenvalue weighted by Crippen LogP contribution is -2.34. The molecule has 108 valence electrons. The Hall–Kier alpha value is -1.26. The summed E-state index contributed by atoms with van der Waals surface area (Å²) in [4.78, 5) is 14.4. The van der Waals surface area contributed by atoms with Gasteiger partial charge in [-0.3, -0.25) is 0 Å². The van der Waals surface area contributed by atoms with E-state index in [0.29, 0.717) is 10.9 Å². The molecule has 0 aromatic heterocycles. The van der Waals surface area contributed by atoms with Crippen LogP contribution in [0.4, 0.5) is 10.5 Å². The van der Waals surface area contributed by atoms with Gasteiger partial charge in [-0.15, -0.1) is 0 Å². The molecule has 3 rings (SSSR count). The van der Waals surface area contributed by atoms with Gasteiger partial charge in [0.1, 0.15) is 0 Å². The number of urea groups is 1. The summed E-state index contributed by atoms with van der Waals surface area (Å²) in [6, 6.07) is 7.82. The molecule has 0 radical (unpaired) electrons. The molecule has 4 nitrogen and oxygen atoms in total. The van der Waals surface area contributed by atoms with E-state index in [9.17, 15) is 4.79 Å². The van der Waals surface area contributed by atoms with Crippen LogP contribution in [-0.4, -0.2) is 36.6 Å². The molecule has 0 unspecified atom stereocenters. The largest absolute Gasteiger partial charge is 0.338 e. The fraction of sp³-hybridized carbons (Fsp3) is 0.533. The number of anilines is 1. The number of rotatable bonds is 4. The van der Waals surface area contributed by atoms with Gasteiger partial charge < -0.3 is 15.5 Å². The van der Waals surface area contributed by atoms with Crippen molar-refractivity contribution in [2.24, 2.45) is 5.92 Å². The van der Waals surface area contributed by atoms with Gasteiger partial charge in [-0.2, -0.15) is 0 Å². The standard InChI is InChI=1S/C15H20ClN3O/c16-12-1-3-13(4-2-12)18-15(20)17-9-11-7-8-19(10-11)14-5-6-14/h1-4,11,14H,5-10H2,(H2,17,18,20)/t11-/m1/s1. The minimum Gasteiger partial charge on any atom is -0.338 e. The number of likely N-dealkylation sites (tertiary alicyclic amines) is 1. The van der Waals surface area contributed by atoms with Crippen LogP contribution in [0.2, 0.25) is 5.02 Å². The molecule has 2 aliphatic rings. The summed E-state index contributed by atoms with van der Waals surface area (Å²) in [6.45, 7) is 3.07. The summed E-state index contributed by atoms with van der Waals surface area (Å²) in [6.07, 6.45) is 3.91. The quantitative estimate of drug-likeness (QED) is 0.896. The first kappa shape index (κ1) is 13.7. The number of amides is 2. The molecule has 1 aliphatic carbocycles. The van der Waals surface area contributed by atoms with Crippen LogP contribution in [0.25, 0.3) is 0 Å². The van der Waals surface area contributed by atoms with Crippen LogP contribution in [0, 0.1) is 5.92 Å². The van der Waals surface area contributed by atoms with Gasteiger partial charge in [0.05, 0.1) is 0 Å². The highest BCUT2D eigenvalue weighted by Crippen LogP contribution is 2.31. The lowest BCUT2D eigenvalue weighted by atomic mass is 10.1. The van der Waals surface area contributed by atoms with Crippen LogP contribution in [0.5, 0.6) is 0 Å². The van der Waals surface area contributed by atoms with E-state index in [0.717, 1.165) is 24.8 Å². The molecule has 2 fully saturated rings. The molecule has 20 heavy (non-hydrogen) atoms. The summed E-state index contributed by atoms with van der Waals surface area (Å²) < 4.78 is 0. The summed E-state index contributed by atoms with van der Waals surface area (Å²) >= 11 is 5.81. The van der Waals surface area contributed by atoms with Crippen molar-refractivity contribution in [2.75, 3.05) is 25.0 Å². The molecule has 1 saturated carbocycles. The van der Waals surface area contributed by atoms with E-state index < -0.39 is 0 Å². The highest BCUT2D eigenvalue weighted by atomic mass is 35.5. The Morgan fingerprint density at radius 3 is 2.70 bits per heavy atom. The van der Waals surface area contributed by atoms with Gasteiger partial charge >= 0.3 is 6.03 Å². The van der Waals surface area contributed by atoms with Crippen molar-refractivity contribution >= 4 is 23.3 Å². The second kappa shape index (κ2) is 6.02. The Morgan fingerprint density at radius 2 is 2.00 bits per heavy atom. The molecule has 2 N–H and O–H groups in total. The molecular weight excluding hydrogens is 274 g/mol. The van der Waals surface area contributed by atoms with Crippen LogP contribution in [-0.2, 0) is 0 Å². The predicted octanol–water partition coefficient (Wildman–Crippen LogP) is 2.95. The molecular formula is C15H20ClN3O. The van der Waals surface area contributed by atoms with Crippen LogP contribution in [0.15, 0.2) is 24.3 Å². The molecule has 1 aliphatic heterocycles. The highest BCUT2D eigenvalue weighted by molar-refractivity contribution is 6.30. The second-order valence-electron chi connectivity index (χ2n) is 5.72. The topological polar surface area (TPSA) is 44.4 Å². The Balaban J connectivity index is 1.39. The minimum absolute atomic E-state index is 0.141. The van der Waals surface area contributed by atoms with Crippen LogP contribution in [0.3, 0.4) is 0 Å². The Bertz CT molecular complexity index is 473. The molecule has 1 aromatic rings. The zero-order chi connectivity index (χ0) is 13.9. The molecule has 1 saturated heterocycles. The maximum atomic E-state index is 11.8. The van der Waals surface area contributed by atoms with Crippen LogP contribution in [0.1, 0.15) is 19.3 Å². The highest BCUT2D eigenvalue weighted by Gasteiger charge is 2.34. The summed E-state index contributed by atoms with van der Waals surface area (Å²) in [5, 5.41) is 6.44. The third kappa shape index (κ3) is 3.64. The third-order valence-electron chi connectivity index (χ3n) is 4.03. The zero-order valence-corrected chi connectivity index (χ0v) is 12.2.